The summed E-state index contributed by atoms with van der Waals surface area (Å²) < 4.78 is 16.6. The molecule has 6 nitrogen and oxygen atoms in total. The third-order valence-electron chi connectivity index (χ3n) is 8.71. The maximum Gasteiger partial charge on any atom is 0.306 e. The number of esters is 3. The van der Waals surface area contributed by atoms with E-state index in [1.54, 1.807) is 0 Å². The number of allylic oxidation sites excluding steroid dienone is 16. The lowest BCUT2D eigenvalue weighted by Crippen LogP contribution is -2.30. The standard InChI is InChI=1S/C49H78O6/c1-4-7-10-13-16-19-22-24-26-27-30-33-36-39-42-48(51)54-45-46(44-53-47(50)41-38-35-32-29-21-18-15-12-9-6-3)55-49(52)43-40-37-34-31-28-25-23-20-17-14-11-8-5-2/h7-8,10-11,14,16-17,19-20,23-26,28,31,34,46H,4-6,9,12-13,15,18,21-22,27,29-30,32-33,35-45H2,1-3H3/b10-7-,11-8-,17-14-,19-16-,23-20-,26-24-,28-25-,34-31-. The average Bonchev–Trinajstić information content (AvgIpc) is 3.18. The van der Waals surface area contributed by atoms with Crippen LogP contribution in [0.15, 0.2) is 97.2 Å². The van der Waals surface area contributed by atoms with E-state index in [0.29, 0.717) is 19.3 Å². The maximum absolute atomic E-state index is 12.7. The van der Waals surface area contributed by atoms with Crippen LogP contribution in [0.25, 0.3) is 0 Å². The zero-order valence-electron chi connectivity index (χ0n) is 35.1. The van der Waals surface area contributed by atoms with Gasteiger partial charge in [0.1, 0.15) is 13.2 Å². The molecule has 0 saturated heterocycles. The van der Waals surface area contributed by atoms with Gasteiger partial charge in [0.05, 0.1) is 0 Å². The van der Waals surface area contributed by atoms with Gasteiger partial charge in [-0.2, -0.15) is 0 Å². The molecule has 0 radical (unpaired) electrons. The normalized spacial score (nSPS) is 13.0. The molecule has 0 bridgehead atoms. The summed E-state index contributed by atoms with van der Waals surface area (Å²) in [6.07, 6.45) is 55.4. The highest BCUT2D eigenvalue weighted by Crippen LogP contribution is 2.13. The van der Waals surface area contributed by atoms with E-state index in [4.69, 9.17) is 14.2 Å². The van der Waals surface area contributed by atoms with E-state index in [0.717, 1.165) is 83.5 Å². The van der Waals surface area contributed by atoms with Gasteiger partial charge in [-0.25, -0.2) is 0 Å². The Hall–Kier alpha value is -3.67. The summed E-state index contributed by atoms with van der Waals surface area (Å²) in [6.45, 7) is 6.25. The van der Waals surface area contributed by atoms with Crippen molar-refractivity contribution in [1.29, 1.82) is 0 Å². The second-order valence-corrected chi connectivity index (χ2v) is 14.0. The van der Waals surface area contributed by atoms with E-state index in [1.165, 1.54) is 44.9 Å². The summed E-state index contributed by atoms with van der Waals surface area (Å²) in [5, 5.41) is 0. The number of hydrogen-bond acceptors (Lipinski definition) is 6. The first kappa shape index (κ1) is 51.3. The zero-order valence-corrected chi connectivity index (χ0v) is 35.1. The summed E-state index contributed by atoms with van der Waals surface area (Å²) in [6, 6.07) is 0. The zero-order chi connectivity index (χ0) is 40.1. The first-order chi connectivity index (χ1) is 27.0. The van der Waals surface area contributed by atoms with Gasteiger partial charge in [-0.15, -0.1) is 0 Å². The van der Waals surface area contributed by atoms with Crippen LogP contribution < -0.4 is 0 Å². The first-order valence-electron chi connectivity index (χ1n) is 21.8. The van der Waals surface area contributed by atoms with Crippen molar-refractivity contribution in [2.24, 2.45) is 0 Å². The topological polar surface area (TPSA) is 78.9 Å². The molecule has 0 aliphatic carbocycles. The lowest BCUT2D eigenvalue weighted by Gasteiger charge is -2.18. The molecule has 0 N–H and O–H groups in total. The molecule has 0 aromatic carbocycles. The lowest BCUT2D eigenvalue weighted by atomic mass is 10.1. The van der Waals surface area contributed by atoms with Gasteiger partial charge in [0, 0.05) is 19.3 Å². The predicted octanol–water partition coefficient (Wildman–Crippen LogP) is 13.9. The Bertz CT molecular complexity index is 1150. The van der Waals surface area contributed by atoms with Gasteiger partial charge in [0.25, 0.3) is 0 Å². The van der Waals surface area contributed by atoms with Crippen LogP contribution in [0, 0.1) is 0 Å². The number of carbonyl (C=O) groups is 3. The molecule has 0 heterocycles. The highest BCUT2D eigenvalue weighted by atomic mass is 16.6. The molecule has 0 aliphatic heterocycles. The highest BCUT2D eigenvalue weighted by Gasteiger charge is 2.19. The Morgan fingerprint density at radius 2 is 0.818 bits per heavy atom. The third kappa shape index (κ3) is 41.3. The SMILES string of the molecule is CC\C=C/C=C\C=C/C=C\C=C/CCCC(=O)OC(COC(=O)CCCCCC/C=C\C/C=C\C/C=C\CC)COC(=O)CCCCCCCCCCCC. The van der Waals surface area contributed by atoms with Crippen molar-refractivity contribution in [3.05, 3.63) is 97.2 Å². The molecule has 0 aromatic heterocycles. The molecule has 55 heavy (non-hydrogen) atoms. The fourth-order valence-electron chi connectivity index (χ4n) is 5.48. The second kappa shape index (κ2) is 43.1. The summed E-state index contributed by atoms with van der Waals surface area (Å²) >= 11 is 0. The van der Waals surface area contributed by atoms with Crippen molar-refractivity contribution >= 4 is 17.9 Å². The van der Waals surface area contributed by atoms with Crippen molar-refractivity contribution in [1.82, 2.24) is 0 Å². The van der Waals surface area contributed by atoms with Gasteiger partial charge < -0.3 is 14.2 Å². The maximum atomic E-state index is 12.7. The number of hydrogen-bond donors (Lipinski definition) is 0. The summed E-state index contributed by atoms with van der Waals surface area (Å²) in [4.78, 5) is 37.6. The van der Waals surface area contributed by atoms with Crippen LogP contribution in [0.5, 0.6) is 0 Å². The van der Waals surface area contributed by atoms with Crippen LogP contribution in [-0.4, -0.2) is 37.2 Å². The van der Waals surface area contributed by atoms with Crippen molar-refractivity contribution in [3.63, 3.8) is 0 Å². The van der Waals surface area contributed by atoms with Gasteiger partial charge in [0.15, 0.2) is 6.10 Å². The van der Waals surface area contributed by atoms with E-state index < -0.39 is 12.1 Å². The molecule has 0 fully saturated rings. The Labute approximate surface area is 337 Å². The molecule has 6 heteroatoms. The van der Waals surface area contributed by atoms with Gasteiger partial charge in [-0.3, -0.25) is 14.4 Å². The van der Waals surface area contributed by atoms with Crippen LogP contribution in [0.2, 0.25) is 0 Å². The quantitative estimate of drug-likeness (QED) is 0.0206. The third-order valence-corrected chi connectivity index (χ3v) is 8.71. The Kier molecular flexibility index (Phi) is 40.2. The smallest absolute Gasteiger partial charge is 0.306 e. The van der Waals surface area contributed by atoms with E-state index in [9.17, 15) is 14.4 Å². The minimum absolute atomic E-state index is 0.114. The Morgan fingerprint density at radius 3 is 1.36 bits per heavy atom. The van der Waals surface area contributed by atoms with E-state index >= 15 is 0 Å². The summed E-state index contributed by atoms with van der Waals surface area (Å²) in [5.41, 5.74) is 0. The monoisotopic (exact) mass is 763 g/mol. The van der Waals surface area contributed by atoms with Crippen LogP contribution in [0.4, 0.5) is 0 Å². The molecule has 0 saturated carbocycles. The van der Waals surface area contributed by atoms with E-state index in [-0.39, 0.29) is 31.6 Å². The molecule has 1 unspecified atom stereocenters. The lowest BCUT2D eigenvalue weighted by molar-refractivity contribution is -0.167. The van der Waals surface area contributed by atoms with Crippen LogP contribution in [0.3, 0.4) is 0 Å². The molecule has 310 valence electrons. The number of unbranched alkanes of at least 4 members (excludes halogenated alkanes) is 14. The minimum atomic E-state index is -0.820. The van der Waals surface area contributed by atoms with Crippen LogP contribution in [-0.2, 0) is 28.6 Å². The molecule has 0 spiro atoms. The Balaban J connectivity index is 4.55. The fourth-order valence-corrected chi connectivity index (χ4v) is 5.48. The number of ether oxygens (including phenoxy) is 3. The van der Waals surface area contributed by atoms with Crippen molar-refractivity contribution in [2.45, 2.75) is 181 Å². The van der Waals surface area contributed by atoms with Gasteiger partial charge in [-0.05, 0) is 64.2 Å². The molecule has 0 aromatic rings. The van der Waals surface area contributed by atoms with Crippen molar-refractivity contribution < 1.29 is 28.6 Å². The highest BCUT2D eigenvalue weighted by molar-refractivity contribution is 5.71. The molecule has 1 atom stereocenters. The average molecular weight is 763 g/mol. The number of rotatable bonds is 37. The van der Waals surface area contributed by atoms with Crippen molar-refractivity contribution in [2.75, 3.05) is 13.2 Å². The van der Waals surface area contributed by atoms with Crippen LogP contribution >= 0.6 is 0 Å². The molecule has 0 rings (SSSR count). The molecule has 0 amide bonds. The predicted molar refractivity (Wildman–Crippen MR) is 233 cm³/mol. The van der Waals surface area contributed by atoms with E-state index in [1.807, 2.05) is 54.7 Å². The summed E-state index contributed by atoms with van der Waals surface area (Å²) in [5.74, 6) is -1.03. The minimum Gasteiger partial charge on any atom is -0.462 e. The summed E-state index contributed by atoms with van der Waals surface area (Å²) in [7, 11) is 0. The van der Waals surface area contributed by atoms with Gasteiger partial charge in [0.2, 0.25) is 0 Å². The molecular weight excluding hydrogens is 685 g/mol. The molecule has 0 aliphatic rings. The largest absolute Gasteiger partial charge is 0.462 e. The number of carbonyl (C=O) groups excluding carboxylic acids is 3. The fraction of sp³-hybridized carbons (Fsp3) is 0.612. The first-order valence-corrected chi connectivity index (χ1v) is 21.8. The van der Waals surface area contributed by atoms with E-state index in [2.05, 4.69) is 63.3 Å². The second-order valence-electron chi connectivity index (χ2n) is 14.0. The molecular formula is C49H78O6. The van der Waals surface area contributed by atoms with Gasteiger partial charge in [-0.1, -0.05) is 189 Å². The van der Waals surface area contributed by atoms with Crippen LogP contribution in [0.1, 0.15) is 175 Å². The Morgan fingerprint density at radius 1 is 0.400 bits per heavy atom. The van der Waals surface area contributed by atoms with Crippen molar-refractivity contribution in [3.8, 4) is 0 Å². The van der Waals surface area contributed by atoms with Gasteiger partial charge >= 0.3 is 17.9 Å².